The van der Waals surface area contributed by atoms with Crippen LogP contribution in [0.3, 0.4) is 0 Å². The van der Waals surface area contributed by atoms with Crippen molar-refractivity contribution in [3.8, 4) is 5.69 Å². The number of thioether (sulfide) groups is 1. The van der Waals surface area contributed by atoms with Crippen molar-refractivity contribution in [2.24, 2.45) is 0 Å². The molecule has 0 fully saturated rings. The van der Waals surface area contributed by atoms with E-state index in [1.165, 1.54) is 11.1 Å². The molecule has 21 heavy (non-hydrogen) atoms. The molecule has 0 aliphatic rings. The molecular formula is C14H17FN4OS. The number of anilines is 1. The summed E-state index contributed by atoms with van der Waals surface area (Å²) in [7, 11) is 1.57. The number of hydrogen-bond donors (Lipinski definition) is 0. The van der Waals surface area contributed by atoms with Gasteiger partial charge < -0.3 is 4.90 Å². The minimum atomic E-state index is -0.555. The third kappa shape index (κ3) is 3.24. The molecule has 1 amide bonds. The Morgan fingerprint density at radius 3 is 2.90 bits per heavy atom. The van der Waals surface area contributed by atoms with Crippen molar-refractivity contribution >= 4 is 23.4 Å². The second-order valence-electron chi connectivity index (χ2n) is 4.54. The van der Waals surface area contributed by atoms with Gasteiger partial charge in [-0.05, 0) is 25.3 Å². The first kappa shape index (κ1) is 15.5. The normalized spacial score (nSPS) is 10.7. The maximum absolute atomic E-state index is 14.6. The standard InChI is InChI=1S/C14H17FN4OS/c1-10-13(18(2)12(20)6-8-21-3)14(15)19(17-10)11-5-4-7-16-9-11/h4-5,7,9H,6,8H2,1-3H3. The SMILES string of the molecule is CSCCC(=O)N(C)c1c(C)nn(-c2cccnc2)c1F. The summed E-state index contributed by atoms with van der Waals surface area (Å²) in [6.07, 6.45) is 5.43. The van der Waals surface area contributed by atoms with E-state index < -0.39 is 5.95 Å². The van der Waals surface area contributed by atoms with Gasteiger partial charge in [0.15, 0.2) is 0 Å². The molecule has 0 spiro atoms. The van der Waals surface area contributed by atoms with Crippen LogP contribution in [0, 0.1) is 12.9 Å². The quantitative estimate of drug-likeness (QED) is 0.851. The molecule has 0 radical (unpaired) electrons. The van der Waals surface area contributed by atoms with E-state index in [1.807, 2.05) is 6.26 Å². The molecule has 0 atom stereocenters. The van der Waals surface area contributed by atoms with E-state index in [4.69, 9.17) is 0 Å². The minimum Gasteiger partial charge on any atom is -0.310 e. The summed E-state index contributed by atoms with van der Waals surface area (Å²) in [6.45, 7) is 1.68. The lowest BCUT2D eigenvalue weighted by Gasteiger charge is -2.16. The Morgan fingerprint density at radius 1 is 1.52 bits per heavy atom. The Kier molecular flexibility index (Phi) is 4.95. The number of aryl methyl sites for hydroxylation is 1. The predicted octanol–water partition coefficient (Wildman–Crippen LogP) is 2.43. The van der Waals surface area contributed by atoms with Gasteiger partial charge in [0, 0.05) is 25.4 Å². The zero-order valence-corrected chi connectivity index (χ0v) is 13.0. The number of halogens is 1. The highest BCUT2D eigenvalue weighted by atomic mass is 32.2. The second kappa shape index (κ2) is 6.71. The number of carbonyl (C=O) groups is 1. The summed E-state index contributed by atoms with van der Waals surface area (Å²) < 4.78 is 15.7. The van der Waals surface area contributed by atoms with E-state index in [9.17, 15) is 9.18 Å². The van der Waals surface area contributed by atoms with E-state index in [0.717, 1.165) is 4.68 Å². The van der Waals surface area contributed by atoms with Crippen LogP contribution in [0.15, 0.2) is 24.5 Å². The monoisotopic (exact) mass is 308 g/mol. The highest BCUT2D eigenvalue weighted by Gasteiger charge is 2.23. The van der Waals surface area contributed by atoms with Crippen LogP contribution >= 0.6 is 11.8 Å². The van der Waals surface area contributed by atoms with Crippen molar-refractivity contribution in [1.82, 2.24) is 14.8 Å². The van der Waals surface area contributed by atoms with E-state index in [1.54, 1.807) is 44.1 Å². The molecule has 2 heterocycles. The van der Waals surface area contributed by atoms with Crippen LogP contribution in [-0.4, -0.2) is 39.7 Å². The molecule has 0 saturated carbocycles. The van der Waals surface area contributed by atoms with Gasteiger partial charge in [-0.1, -0.05) is 0 Å². The topological polar surface area (TPSA) is 51.0 Å². The number of aromatic nitrogens is 3. The largest absolute Gasteiger partial charge is 0.310 e. The molecule has 0 aliphatic heterocycles. The van der Waals surface area contributed by atoms with E-state index >= 15 is 0 Å². The third-order valence-electron chi connectivity index (χ3n) is 3.09. The molecule has 0 unspecified atom stereocenters. The lowest BCUT2D eigenvalue weighted by Crippen LogP contribution is -2.27. The van der Waals surface area contributed by atoms with Gasteiger partial charge in [-0.3, -0.25) is 9.78 Å². The van der Waals surface area contributed by atoms with Crippen molar-refractivity contribution < 1.29 is 9.18 Å². The molecule has 0 aliphatic carbocycles. The summed E-state index contributed by atoms with van der Waals surface area (Å²) in [4.78, 5) is 17.3. The Morgan fingerprint density at radius 2 is 2.29 bits per heavy atom. The van der Waals surface area contributed by atoms with Gasteiger partial charge in [0.1, 0.15) is 5.69 Å². The van der Waals surface area contributed by atoms with E-state index in [-0.39, 0.29) is 11.6 Å². The molecule has 0 N–H and O–H groups in total. The highest BCUT2D eigenvalue weighted by molar-refractivity contribution is 7.98. The van der Waals surface area contributed by atoms with Crippen LogP contribution in [0.25, 0.3) is 5.69 Å². The number of nitrogens with zero attached hydrogens (tertiary/aromatic N) is 4. The first-order valence-corrected chi connectivity index (χ1v) is 7.86. The molecule has 7 heteroatoms. The van der Waals surface area contributed by atoms with Gasteiger partial charge >= 0.3 is 0 Å². The van der Waals surface area contributed by atoms with Gasteiger partial charge in [0.25, 0.3) is 0 Å². The molecule has 0 saturated heterocycles. The third-order valence-corrected chi connectivity index (χ3v) is 3.71. The van der Waals surface area contributed by atoms with Gasteiger partial charge in [-0.15, -0.1) is 0 Å². The number of pyridine rings is 1. The zero-order chi connectivity index (χ0) is 15.4. The number of rotatable bonds is 5. The Hall–Kier alpha value is -1.89. The van der Waals surface area contributed by atoms with Gasteiger partial charge in [-0.2, -0.15) is 21.3 Å². The number of hydrogen-bond acceptors (Lipinski definition) is 4. The van der Waals surface area contributed by atoms with Crippen molar-refractivity contribution in [2.75, 3.05) is 24.0 Å². The first-order chi connectivity index (χ1) is 10.1. The van der Waals surface area contributed by atoms with Crippen molar-refractivity contribution in [3.05, 3.63) is 36.2 Å². The Balaban J connectivity index is 2.34. The van der Waals surface area contributed by atoms with Gasteiger partial charge in [0.05, 0.1) is 17.6 Å². The van der Waals surface area contributed by atoms with E-state index in [2.05, 4.69) is 10.1 Å². The van der Waals surface area contributed by atoms with Crippen LogP contribution in [0.1, 0.15) is 12.1 Å². The summed E-state index contributed by atoms with van der Waals surface area (Å²) >= 11 is 1.58. The van der Waals surface area contributed by atoms with Gasteiger partial charge in [-0.25, -0.2) is 4.68 Å². The lowest BCUT2D eigenvalue weighted by atomic mass is 10.3. The first-order valence-electron chi connectivity index (χ1n) is 6.47. The Labute approximate surface area is 127 Å². The molecule has 0 bridgehead atoms. The van der Waals surface area contributed by atoms with Crippen molar-refractivity contribution in [1.29, 1.82) is 0 Å². The second-order valence-corrected chi connectivity index (χ2v) is 5.53. The van der Waals surface area contributed by atoms with Crippen LogP contribution in [0.2, 0.25) is 0 Å². The fraction of sp³-hybridized carbons (Fsp3) is 0.357. The maximum Gasteiger partial charge on any atom is 0.240 e. The van der Waals surface area contributed by atoms with Gasteiger partial charge in [0.2, 0.25) is 11.9 Å². The summed E-state index contributed by atoms with van der Waals surface area (Å²) in [5.74, 6) is 0.0261. The van der Waals surface area contributed by atoms with Crippen LogP contribution < -0.4 is 4.90 Å². The highest BCUT2D eigenvalue weighted by Crippen LogP contribution is 2.25. The number of carbonyl (C=O) groups excluding carboxylic acids is 1. The summed E-state index contributed by atoms with van der Waals surface area (Å²) in [6, 6.07) is 3.42. The lowest BCUT2D eigenvalue weighted by molar-refractivity contribution is -0.117. The fourth-order valence-corrected chi connectivity index (χ4v) is 2.38. The molecule has 5 nitrogen and oxygen atoms in total. The van der Waals surface area contributed by atoms with E-state index in [0.29, 0.717) is 23.6 Å². The summed E-state index contributed by atoms with van der Waals surface area (Å²) in [5, 5.41) is 4.17. The minimum absolute atomic E-state index is 0.128. The van der Waals surface area contributed by atoms with Crippen molar-refractivity contribution in [3.63, 3.8) is 0 Å². The molecule has 2 rings (SSSR count). The smallest absolute Gasteiger partial charge is 0.240 e. The van der Waals surface area contributed by atoms with Crippen LogP contribution in [0.4, 0.5) is 10.1 Å². The molecule has 2 aromatic rings. The average molecular weight is 308 g/mol. The predicted molar refractivity (Wildman–Crippen MR) is 82.5 cm³/mol. The molecular weight excluding hydrogens is 291 g/mol. The number of amides is 1. The van der Waals surface area contributed by atoms with Crippen molar-refractivity contribution in [2.45, 2.75) is 13.3 Å². The molecule has 0 aromatic carbocycles. The van der Waals surface area contributed by atoms with Crippen LogP contribution in [-0.2, 0) is 4.79 Å². The Bertz CT molecular complexity index is 629. The summed E-state index contributed by atoms with van der Waals surface area (Å²) in [5.41, 5.74) is 1.20. The maximum atomic E-state index is 14.6. The van der Waals surface area contributed by atoms with Crippen LogP contribution in [0.5, 0.6) is 0 Å². The average Bonchev–Trinajstić information content (AvgIpc) is 2.80. The molecule has 112 valence electrons. The zero-order valence-electron chi connectivity index (χ0n) is 12.2. The fourth-order valence-electron chi connectivity index (χ4n) is 2.00. The molecule has 2 aromatic heterocycles.